The number of rotatable bonds is 4. The molecule has 1 aromatic heterocycles. The topological polar surface area (TPSA) is 47.0 Å². The lowest BCUT2D eigenvalue weighted by molar-refractivity contribution is 0.594. The van der Waals surface area contributed by atoms with Crippen molar-refractivity contribution in [3.05, 3.63) is 89.6 Å². The van der Waals surface area contributed by atoms with Gasteiger partial charge in [0.25, 0.3) is 0 Å². The van der Waals surface area contributed by atoms with Crippen molar-refractivity contribution in [1.29, 1.82) is 0 Å². The molecule has 0 radical (unpaired) electrons. The maximum absolute atomic E-state index is 12.8. The molecule has 0 amide bonds. The van der Waals surface area contributed by atoms with E-state index < -0.39 is 9.84 Å². The molecule has 0 fully saturated rings. The molecule has 1 heterocycles. The number of aryl methyl sites for hydroxylation is 1. The van der Waals surface area contributed by atoms with Gasteiger partial charge in [0.15, 0.2) is 9.84 Å². The second-order valence-corrected chi connectivity index (χ2v) is 8.71. The predicted octanol–water partition coefficient (Wildman–Crippen LogP) is 4.81. The number of sulfone groups is 1. The van der Waals surface area contributed by atoms with Gasteiger partial charge in [-0.2, -0.15) is 0 Å². The van der Waals surface area contributed by atoms with Gasteiger partial charge in [-0.05, 0) is 29.5 Å². The lowest BCUT2D eigenvalue weighted by Gasteiger charge is -2.11. The molecule has 0 aliphatic heterocycles. The zero-order valence-electron chi connectivity index (χ0n) is 14.5. The highest BCUT2D eigenvalue weighted by atomic mass is 32.2. The van der Waals surface area contributed by atoms with Crippen LogP contribution in [0.4, 0.5) is 0 Å². The van der Waals surface area contributed by atoms with E-state index >= 15 is 0 Å². The van der Waals surface area contributed by atoms with Gasteiger partial charge in [0.1, 0.15) is 0 Å². The van der Waals surface area contributed by atoms with Crippen molar-refractivity contribution >= 4 is 31.5 Å². The zero-order chi connectivity index (χ0) is 18.1. The number of hydrogen-bond acceptors (Lipinski definition) is 3. The Labute approximate surface area is 153 Å². The minimum Gasteiger partial charge on any atom is -0.251 e. The molecule has 0 spiro atoms. The van der Waals surface area contributed by atoms with Crippen LogP contribution in [0.2, 0.25) is 0 Å². The molecule has 3 aromatic carbocycles. The first kappa shape index (κ1) is 16.7. The van der Waals surface area contributed by atoms with Crippen molar-refractivity contribution in [3.8, 4) is 0 Å². The molecule has 0 atom stereocenters. The van der Waals surface area contributed by atoms with Gasteiger partial charge in [-0.3, -0.25) is 4.98 Å². The van der Waals surface area contributed by atoms with Crippen LogP contribution in [0.5, 0.6) is 0 Å². The first-order valence-electron chi connectivity index (χ1n) is 8.54. The average Bonchev–Trinajstić information content (AvgIpc) is 2.61. The quantitative estimate of drug-likeness (QED) is 0.490. The SMILES string of the molecule is Cc1ccc2c(c1)nc(CS(=O)(=O)Cc1ccccc1)c1ccccc12. The third kappa shape index (κ3) is 3.33. The number of hydrogen-bond donors (Lipinski definition) is 0. The predicted molar refractivity (Wildman–Crippen MR) is 107 cm³/mol. The standard InChI is InChI=1S/C22H19NO2S/c1-16-11-12-20-18-9-5-6-10-19(18)22(23-21(20)13-16)15-26(24,25)14-17-7-3-2-4-8-17/h2-13H,14-15H2,1H3. The molecule has 0 unspecified atom stereocenters. The van der Waals surface area contributed by atoms with Crippen LogP contribution in [0.25, 0.3) is 21.7 Å². The summed E-state index contributed by atoms with van der Waals surface area (Å²) < 4.78 is 25.6. The van der Waals surface area contributed by atoms with E-state index in [4.69, 9.17) is 4.98 Å². The second kappa shape index (κ2) is 6.54. The maximum Gasteiger partial charge on any atom is 0.160 e. The third-order valence-electron chi connectivity index (χ3n) is 4.52. The molecule has 26 heavy (non-hydrogen) atoms. The summed E-state index contributed by atoms with van der Waals surface area (Å²) in [5.41, 5.74) is 3.37. The van der Waals surface area contributed by atoms with Crippen LogP contribution in [0, 0.1) is 6.92 Å². The summed E-state index contributed by atoms with van der Waals surface area (Å²) in [5.74, 6) is -0.0397. The van der Waals surface area contributed by atoms with Crippen LogP contribution in [0.3, 0.4) is 0 Å². The van der Waals surface area contributed by atoms with Crippen LogP contribution in [0.15, 0.2) is 72.8 Å². The summed E-state index contributed by atoms with van der Waals surface area (Å²) in [4.78, 5) is 4.71. The van der Waals surface area contributed by atoms with E-state index in [2.05, 4.69) is 12.1 Å². The van der Waals surface area contributed by atoms with E-state index in [0.717, 1.165) is 32.8 Å². The number of aromatic nitrogens is 1. The van der Waals surface area contributed by atoms with Gasteiger partial charge in [-0.15, -0.1) is 0 Å². The monoisotopic (exact) mass is 361 g/mol. The Hall–Kier alpha value is -2.72. The van der Waals surface area contributed by atoms with Crippen LogP contribution in [-0.4, -0.2) is 13.4 Å². The molecule has 0 aliphatic rings. The fraction of sp³-hybridized carbons (Fsp3) is 0.136. The molecule has 0 saturated carbocycles. The van der Waals surface area contributed by atoms with Crippen molar-refractivity contribution in [1.82, 2.24) is 4.98 Å². The normalized spacial score (nSPS) is 11.9. The molecular weight excluding hydrogens is 342 g/mol. The Bertz CT molecular complexity index is 1200. The Balaban J connectivity index is 1.82. The fourth-order valence-corrected chi connectivity index (χ4v) is 4.77. The van der Waals surface area contributed by atoms with E-state index in [-0.39, 0.29) is 11.5 Å². The minimum absolute atomic E-state index is 0.0235. The summed E-state index contributed by atoms with van der Waals surface area (Å²) in [5, 5.41) is 3.00. The minimum atomic E-state index is -3.32. The van der Waals surface area contributed by atoms with Gasteiger partial charge in [-0.1, -0.05) is 66.7 Å². The second-order valence-electron chi connectivity index (χ2n) is 6.64. The molecule has 4 aromatic rings. The fourth-order valence-electron chi connectivity index (χ4n) is 3.33. The lowest BCUT2D eigenvalue weighted by atomic mass is 10.0. The van der Waals surface area contributed by atoms with Gasteiger partial charge < -0.3 is 0 Å². The van der Waals surface area contributed by atoms with Crippen LogP contribution >= 0.6 is 0 Å². The molecule has 4 rings (SSSR count). The molecule has 4 heteroatoms. The number of benzene rings is 3. The average molecular weight is 361 g/mol. The smallest absolute Gasteiger partial charge is 0.160 e. The van der Waals surface area contributed by atoms with E-state index in [1.54, 1.807) is 0 Å². The molecule has 0 N–H and O–H groups in total. The molecule has 0 bridgehead atoms. The summed E-state index contributed by atoms with van der Waals surface area (Å²) in [6.07, 6.45) is 0. The first-order valence-corrected chi connectivity index (χ1v) is 10.4. The maximum atomic E-state index is 12.8. The van der Waals surface area contributed by atoms with E-state index in [0.29, 0.717) is 5.69 Å². The Kier molecular flexibility index (Phi) is 4.21. The van der Waals surface area contributed by atoms with Crippen molar-refractivity contribution in [3.63, 3.8) is 0 Å². The van der Waals surface area contributed by atoms with Gasteiger partial charge in [-0.25, -0.2) is 8.42 Å². The summed E-state index contributed by atoms with van der Waals surface area (Å²) in [6, 6.07) is 23.3. The Morgan fingerprint density at radius 1 is 0.769 bits per heavy atom. The lowest BCUT2D eigenvalue weighted by Crippen LogP contribution is -2.09. The molecular formula is C22H19NO2S. The molecule has 0 aliphatic carbocycles. The van der Waals surface area contributed by atoms with Crippen LogP contribution in [-0.2, 0) is 21.3 Å². The largest absolute Gasteiger partial charge is 0.251 e. The Morgan fingerprint density at radius 3 is 2.23 bits per heavy atom. The summed E-state index contributed by atoms with van der Waals surface area (Å²) in [6.45, 7) is 2.02. The van der Waals surface area contributed by atoms with Crippen molar-refractivity contribution in [2.75, 3.05) is 0 Å². The molecule has 3 nitrogen and oxygen atoms in total. The van der Waals surface area contributed by atoms with Crippen LogP contribution in [0.1, 0.15) is 16.8 Å². The van der Waals surface area contributed by atoms with Crippen molar-refractivity contribution in [2.24, 2.45) is 0 Å². The number of fused-ring (bicyclic) bond motifs is 3. The summed E-state index contributed by atoms with van der Waals surface area (Å²) in [7, 11) is -3.32. The number of nitrogens with zero attached hydrogens (tertiary/aromatic N) is 1. The van der Waals surface area contributed by atoms with E-state index in [1.165, 1.54) is 0 Å². The van der Waals surface area contributed by atoms with E-state index in [1.807, 2.05) is 67.6 Å². The van der Waals surface area contributed by atoms with Gasteiger partial charge in [0, 0.05) is 10.8 Å². The third-order valence-corrected chi connectivity index (χ3v) is 6.01. The van der Waals surface area contributed by atoms with Gasteiger partial charge >= 0.3 is 0 Å². The molecule has 0 saturated heterocycles. The molecule has 130 valence electrons. The number of pyridine rings is 1. The summed E-state index contributed by atoms with van der Waals surface area (Å²) >= 11 is 0. The zero-order valence-corrected chi connectivity index (χ0v) is 15.3. The Morgan fingerprint density at radius 2 is 1.46 bits per heavy atom. The van der Waals surface area contributed by atoms with Crippen molar-refractivity contribution < 1.29 is 8.42 Å². The van der Waals surface area contributed by atoms with Crippen molar-refractivity contribution in [2.45, 2.75) is 18.4 Å². The highest BCUT2D eigenvalue weighted by Gasteiger charge is 2.17. The van der Waals surface area contributed by atoms with E-state index in [9.17, 15) is 8.42 Å². The highest BCUT2D eigenvalue weighted by Crippen LogP contribution is 2.28. The van der Waals surface area contributed by atoms with Gasteiger partial charge in [0.05, 0.1) is 22.7 Å². The van der Waals surface area contributed by atoms with Gasteiger partial charge in [0.2, 0.25) is 0 Å². The highest BCUT2D eigenvalue weighted by molar-refractivity contribution is 7.89. The first-order chi connectivity index (χ1) is 12.5. The van der Waals surface area contributed by atoms with Crippen LogP contribution < -0.4 is 0 Å².